The van der Waals surface area contributed by atoms with E-state index in [1.807, 2.05) is 30.3 Å². The molecule has 0 bridgehead atoms. The number of nitriles is 1. The minimum Gasteiger partial charge on any atom is -0.479 e. The quantitative estimate of drug-likeness (QED) is 0.797. The zero-order valence-electron chi connectivity index (χ0n) is 8.57. The van der Waals surface area contributed by atoms with Crippen molar-refractivity contribution in [1.29, 1.82) is 5.26 Å². The van der Waals surface area contributed by atoms with Gasteiger partial charge in [-0.15, -0.1) is 0 Å². The van der Waals surface area contributed by atoms with E-state index in [1.165, 1.54) is 12.8 Å². The summed E-state index contributed by atoms with van der Waals surface area (Å²) >= 11 is 0. The summed E-state index contributed by atoms with van der Waals surface area (Å²) < 4.78 is 5.16. The summed E-state index contributed by atoms with van der Waals surface area (Å²) in [5.74, 6) is 1.62. The molecule has 1 N–H and O–H groups in total. The average molecular weight is 202 g/mol. The third kappa shape index (κ3) is 3.17. The predicted molar refractivity (Wildman–Crippen MR) is 58.8 cm³/mol. The monoisotopic (exact) mass is 202 g/mol. The maximum absolute atomic E-state index is 8.35. The molecule has 1 aromatic carbocycles. The van der Waals surface area contributed by atoms with Crippen LogP contribution < -0.4 is 10.1 Å². The first-order valence-electron chi connectivity index (χ1n) is 5.22. The van der Waals surface area contributed by atoms with Crippen LogP contribution in [0.15, 0.2) is 24.3 Å². The van der Waals surface area contributed by atoms with Crippen molar-refractivity contribution in [2.75, 3.05) is 18.5 Å². The number of nitrogens with one attached hydrogen (secondary N) is 1. The number of anilines is 1. The van der Waals surface area contributed by atoms with Gasteiger partial charge in [0.05, 0.1) is 0 Å². The van der Waals surface area contributed by atoms with Crippen molar-refractivity contribution in [3.8, 4) is 11.8 Å². The molecule has 78 valence electrons. The van der Waals surface area contributed by atoms with E-state index in [0.29, 0.717) is 0 Å². The van der Waals surface area contributed by atoms with Gasteiger partial charge in [-0.2, -0.15) is 5.26 Å². The fourth-order valence-corrected chi connectivity index (χ4v) is 1.37. The van der Waals surface area contributed by atoms with E-state index in [-0.39, 0.29) is 6.61 Å². The Morgan fingerprint density at radius 2 is 2.07 bits per heavy atom. The van der Waals surface area contributed by atoms with Crippen molar-refractivity contribution in [2.24, 2.45) is 5.92 Å². The zero-order valence-corrected chi connectivity index (χ0v) is 8.57. The van der Waals surface area contributed by atoms with Gasteiger partial charge in [0.2, 0.25) is 0 Å². The van der Waals surface area contributed by atoms with Crippen LogP contribution in [0.2, 0.25) is 0 Å². The summed E-state index contributed by atoms with van der Waals surface area (Å²) in [7, 11) is 0. The Bertz CT molecular complexity index is 349. The topological polar surface area (TPSA) is 45.0 Å². The maximum atomic E-state index is 8.35. The Kier molecular flexibility index (Phi) is 3.08. The van der Waals surface area contributed by atoms with Gasteiger partial charge in [0, 0.05) is 12.2 Å². The number of nitrogens with zero attached hydrogens (tertiary/aromatic N) is 1. The summed E-state index contributed by atoms with van der Waals surface area (Å²) in [4.78, 5) is 0. The fourth-order valence-electron chi connectivity index (χ4n) is 1.37. The van der Waals surface area contributed by atoms with E-state index in [0.717, 1.165) is 23.9 Å². The number of hydrogen-bond donors (Lipinski definition) is 1. The Labute approximate surface area is 89.7 Å². The number of benzene rings is 1. The maximum Gasteiger partial charge on any atom is 0.174 e. The summed E-state index contributed by atoms with van der Waals surface area (Å²) in [5.41, 5.74) is 1.12. The second kappa shape index (κ2) is 4.70. The van der Waals surface area contributed by atoms with Gasteiger partial charge in [-0.3, -0.25) is 0 Å². The van der Waals surface area contributed by atoms with E-state index in [2.05, 4.69) is 5.32 Å². The lowest BCUT2D eigenvalue weighted by Crippen LogP contribution is -2.02. The molecule has 1 aliphatic rings. The van der Waals surface area contributed by atoms with Crippen molar-refractivity contribution in [3.05, 3.63) is 24.3 Å². The van der Waals surface area contributed by atoms with Crippen LogP contribution in [0.1, 0.15) is 12.8 Å². The predicted octanol–water partition coefficient (Wildman–Crippen LogP) is 2.41. The Balaban J connectivity index is 1.82. The largest absolute Gasteiger partial charge is 0.479 e. The average Bonchev–Trinajstić information content (AvgIpc) is 3.09. The smallest absolute Gasteiger partial charge is 0.174 e. The number of hydrogen-bond acceptors (Lipinski definition) is 3. The van der Waals surface area contributed by atoms with Gasteiger partial charge in [-0.05, 0) is 43.0 Å². The van der Waals surface area contributed by atoms with Gasteiger partial charge in [0.15, 0.2) is 6.61 Å². The summed E-state index contributed by atoms with van der Waals surface area (Å²) in [6.45, 7) is 1.17. The molecule has 0 amide bonds. The molecule has 0 aromatic heterocycles. The SMILES string of the molecule is N#CCOc1ccc(NCC2CC2)cc1. The molecule has 0 radical (unpaired) electrons. The molecule has 15 heavy (non-hydrogen) atoms. The van der Waals surface area contributed by atoms with Crippen molar-refractivity contribution >= 4 is 5.69 Å². The fraction of sp³-hybridized carbons (Fsp3) is 0.417. The summed E-state index contributed by atoms with van der Waals surface area (Å²) in [5, 5.41) is 11.7. The highest BCUT2D eigenvalue weighted by Crippen LogP contribution is 2.29. The molecular formula is C12H14N2O. The zero-order chi connectivity index (χ0) is 10.5. The van der Waals surface area contributed by atoms with E-state index < -0.39 is 0 Å². The highest BCUT2D eigenvalue weighted by molar-refractivity contribution is 5.46. The van der Waals surface area contributed by atoms with Crippen molar-refractivity contribution in [1.82, 2.24) is 0 Å². The molecule has 1 aromatic rings. The molecule has 3 heteroatoms. The lowest BCUT2D eigenvalue weighted by molar-refractivity contribution is 0.368. The van der Waals surface area contributed by atoms with Crippen LogP contribution >= 0.6 is 0 Å². The van der Waals surface area contributed by atoms with E-state index >= 15 is 0 Å². The molecule has 0 heterocycles. The van der Waals surface area contributed by atoms with Gasteiger partial charge >= 0.3 is 0 Å². The van der Waals surface area contributed by atoms with Crippen LogP contribution in [0.25, 0.3) is 0 Å². The molecule has 3 nitrogen and oxygen atoms in total. The van der Waals surface area contributed by atoms with Crippen molar-refractivity contribution < 1.29 is 4.74 Å². The summed E-state index contributed by atoms with van der Waals surface area (Å²) in [6.07, 6.45) is 2.72. The molecule has 1 saturated carbocycles. The van der Waals surface area contributed by atoms with Gasteiger partial charge in [-0.1, -0.05) is 0 Å². The van der Waals surface area contributed by atoms with E-state index in [1.54, 1.807) is 0 Å². The molecule has 1 fully saturated rings. The van der Waals surface area contributed by atoms with Crippen LogP contribution in [-0.4, -0.2) is 13.2 Å². The van der Waals surface area contributed by atoms with Crippen LogP contribution in [-0.2, 0) is 0 Å². The molecule has 0 unspecified atom stereocenters. The molecule has 2 rings (SSSR count). The Morgan fingerprint density at radius 1 is 1.33 bits per heavy atom. The molecule has 0 saturated heterocycles. The van der Waals surface area contributed by atoms with Gasteiger partial charge in [0.25, 0.3) is 0 Å². The highest BCUT2D eigenvalue weighted by Gasteiger charge is 2.20. The second-order valence-corrected chi connectivity index (χ2v) is 3.80. The number of ether oxygens (including phenoxy) is 1. The highest BCUT2D eigenvalue weighted by atomic mass is 16.5. The Morgan fingerprint density at radius 3 is 2.67 bits per heavy atom. The minimum atomic E-state index is 0.106. The van der Waals surface area contributed by atoms with E-state index in [4.69, 9.17) is 10.00 Å². The van der Waals surface area contributed by atoms with Crippen LogP contribution in [0.5, 0.6) is 5.75 Å². The Hall–Kier alpha value is -1.69. The van der Waals surface area contributed by atoms with Gasteiger partial charge in [-0.25, -0.2) is 0 Å². The molecule has 0 spiro atoms. The number of rotatable bonds is 5. The third-order valence-electron chi connectivity index (χ3n) is 2.45. The molecule has 1 aliphatic carbocycles. The van der Waals surface area contributed by atoms with Gasteiger partial charge < -0.3 is 10.1 Å². The van der Waals surface area contributed by atoms with Crippen molar-refractivity contribution in [2.45, 2.75) is 12.8 Å². The normalized spacial score (nSPS) is 14.3. The first-order valence-corrected chi connectivity index (χ1v) is 5.22. The van der Waals surface area contributed by atoms with Crippen LogP contribution in [0.4, 0.5) is 5.69 Å². The van der Waals surface area contributed by atoms with E-state index in [9.17, 15) is 0 Å². The second-order valence-electron chi connectivity index (χ2n) is 3.80. The first kappa shape index (κ1) is 9.85. The standard InChI is InChI=1S/C12H14N2O/c13-7-8-15-12-5-3-11(4-6-12)14-9-10-1-2-10/h3-6,10,14H,1-2,8-9H2. The lowest BCUT2D eigenvalue weighted by atomic mass is 10.3. The third-order valence-corrected chi connectivity index (χ3v) is 2.45. The molecular weight excluding hydrogens is 188 g/mol. The van der Waals surface area contributed by atoms with Crippen LogP contribution in [0, 0.1) is 17.2 Å². The lowest BCUT2D eigenvalue weighted by Gasteiger charge is -2.06. The first-order chi connectivity index (χ1) is 7.38. The van der Waals surface area contributed by atoms with Crippen molar-refractivity contribution in [3.63, 3.8) is 0 Å². The molecule has 0 aliphatic heterocycles. The summed E-state index contributed by atoms with van der Waals surface area (Å²) in [6, 6.07) is 9.67. The van der Waals surface area contributed by atoms with Crippen LogP contribution in [0.3, 0.4) is 0 Å². The van der Waals surface area contributed by atoms with Gasteiger partial charge in [0.1, 0.15) is 11.8 Å². The minimum absolute atomic E-state index is 0.106. The molecule has 0 atom stereocenters.